The summed E-state index contributed by atoms with van der Waals surface area (Å²) in [6, 6.07) is 0.531. The summed E-state index contributed by atoms with van der Waals surface area (Å²) in [5.41, 5.74) is -0.429. The first-order chi connectivity index (χ1) is 9.53. The lowest BCUT2D eigenvalue weighted by Crippen LogP contribution is -2.49. The van der Waals surface area contributed by atoms with Crippen molar-refractivity contribution in [3.8, 4) is 0 Å². The molecular weight excluding hydrogens is 254 g/mol. The number of hydrogen-bond donors (Lipinski definition) is 1. The second kappa shape index (κ2) is 5.30. The largest absolute Gasteiger partial charge is 0.481 e. The molecule has 3 aliphatic rings. The van der Waals surface area contributed by atoms with E-state index >= 15 is 0 Å². The second-order valence-electron chi connectivity index (χ2n) is 7.33. The van der Waals surface area contributed by atoms with Crippen LogP contribution >= 0.6 is 0 Å². The fourth-order valence-electron chi connectivity index (χ4n) is 4.34. The van der Waals surface area contributed by atoms with Gasteiger partial charge < -0.3 is 9.84 Å². The van der Waals surface area contributed by atoms with E-state index in [0.717, 1.165) is 32.4 Å². The SMILES string of the molecule is CC1(C(=O)O)CCN(C2CCOC3(CCCCC3)C2)C1. The molecular formula is C16H27NO3. The Morgan fingerprint density at radius 3 is 2.65 bits per heavy atom. The summed E-state index contributed by atoms with van der Waals surface area (Å²) < 4.78 is 6.15. The Morgan fingerprint density at radius 1 is 1.25 bits per heavy atom. The number of likely N-dealkylation sites (tertiary alicyclic amines) is 1. The average Bonchev–Trinajstić information content (AvgIpc) is 2.84. The van der Waals surface area contributed by atoms with Crippen molar-refractivity contribution in [3.63, 3.8) is 0 Å². The quantitative estimate of drug-likeness (QED) is 0.845. The lowest BCUT2D eigenvalue weighted by molar-refractivity contribution is -0.147. The maximum atomic E-state index is 11.4. The maximum Gasteiger partial charge on any atom is 0.310 e. The zero-order valence-electron chi connectivity index (χ0n) is 12.6. The van der Waals surface area contributed by atoms with Crippen LogP contribution in [0.4, 0.5) is 0 Å². The number of carboxylic acid groups (broad SMARTS) is 1. The molecule has 0 aromatic rings. The van der Waals surface area contributed by atoms with Crippen molar-refractivity contribution in [1.82, 2.24) is 4.90 Å². The van der Waals surface area contributed by atoms with Gasteiger partial charge in [0.2, 0.25) is 0 Å². The van der Waals surface area contributed by atoms with Gasteiger partial charge in [0.1, 0.15) is 0 Å². The Morgan fingerprint density at radius 2 is 2.00 bits per heavy atom. The average molecular weight is 281 g/mol. The third-order valence-electron chi connectivity index (χ3n) is 5.77. The molecule has 1 N–H and O–H groups in total. The molecule has 0 bridgehead atoms. The minimum atomic E-state index is -0.639. The summed E-state index contributed by atoms with van der Waals surface area (Å²) in [6.07, 6.45) is 9.30. The van der Waals surface area contributed by atoms with E-state index in [1.165, 1.54) is 32.1 Å². The van der Waals surface area contributed by atoms with Gasteiger partial charge in [-0.25, -0.2) is 0 Å². The lowest BCUT2D eigenvalue weighted by Gasteiger charge is -2.46. The molecule has 1 saturated carbocycles. The predicted octanol–water partition coefficient (Wildman–Crippen LogP) is 2.66. The van der Waals surface area contributed by atoms with Gasteiger partial charge in [0.15, 0.2) is 0 Å². The van der Waals surface area contributed by atoms with Crippen LogP contribution < -0.4 is 0 Å². The van der Waals surface area contributed by atoms with Crippen LogP contribution in [-0.4, -0.2) is 47.3 Å². The van der Waals surface area contributed by atoms with Gasteiger partial charge in [0.25, 0.3) is 0 Å². The van der Waals surface area contributed by atoms with Gasteiger partial charge in [-0.05, 0) is 45.6 Å². The molecule has 114 valence electrons. The lowest BCUT2D eigenvalue weighted by atomic mass is 9.78. The molecule has 2 atom stereocenters. The molecule has 0 aromatic carbocycles. The first-order valence-corrected chi connectivity index (χ1v) is 8.15. The van der Waals surface area contributed by atoms with Crippen molar-refractivity contribution in [2.45, 2.75) is 69.9 Å². The van der Waals surface area contributed by atoms with Crippen LogP contribution in [-0.2, 0) is 9.53 Å². The van der Waals surface area contributed by atoms with Crippen LogP contribution in [0.5, 0.6) is 0 Å². The monoisotopic (exact) mass is 281 g/mol. The van der Waals surface area contributed by atoms with E-state index in [0.29, 0.717) is 12.6 Å². The van der Waals surface area contributed by atoms with E-state index in [2.05, 4.69) is 4.90 Å². The molecule has 1 aliphatic carbocycles. The zero-order valence-corrected chi connectivity index (χ0v) is 12.6. The van der Waals surface area contributed by atoms with E-state index < -0.39 is 11.4 Å². The van der Waals surface area contributed by atoms with Crippen molar-refractivity contribution < 1.29 is 14.6 Å². The van der Waals surface area contributed by atoms with Crippen LogP contribution in [0, 0.1) is 5.41 Å². The van der Waals surface area contributed by atoms with Gasteiger partial charge in [0.05, 0.1) is 11.0 Å². The van der Waals surface area contributed by atoms with Gasteiger partial charge >= 0.3 is 5.97 Å². The van der Waals surface area contributed by atoms with E-state index in [1.54, 1.807) is 0 Å². The Hall–Kier alpha value is -0.610. The molecule has 4 nitrogen and oxygen atoms in total. The van der Waals surface area contributed by atoms with E-state index in [-0.39, 0.29) is 5.60 Å². The van der Waals surface area contributed by atoms with Crippen LogP contribution in [0.3, 0.4) is 0 Å². The molecule has 2 aliphatic heterocycles. The second-order valence-corrected chi connectivity index (χ2v) is 7.33. The Kier molecular flexibility index (Phi) is 3.80. The van der Waals surface area contributed by atoms with Gasteiger partial charge in [-0.2, -0.15) is 0 Å². The third-order valence-corrected chi connectivity index (χ3v) is 5.77. The van der Waals surface area contributed by atoms with Crippen molar-refractivity contribution >= 4 is 5.97 Å². The number of nitrogens with zero attached hydrogens (tertiary/aromatic N) is 1. The van der Waals surface area contributed by atoms with Crippen molar-refractivity contribution in [2.75, 3.05) is 19.7 Å². The van der Waals surface area contributed by atoms with Crippen LogP contribution in [0.25, 0.3) is 0 Å². The molecule has 3 rings (SSSR count). The van der Waals surface area contributed by atoms with Gasteiger partial charge in [-0.3, -0.25) is 9.69 Å². The normalized spacial score (nSPS) is 38.1. The molecule has 2 unspecified atom stereocenters. The highest BCUT2D eigenvalue weighted by Gasteiger charge is 2.46. The smallest absolute Gasteiger partial charge is 0.310 e. The summed E-state index contributed by atoms with van der Waals surface area (Å²) in [6.45, 7) is 4.39. The fourth-order valence-corrected chi connectivity index (χ4v) is 4.34. The van der Waals surface area contributed by atoms with Crippen LogP contribution in [0.2, 0.25) is 0 Å². The number of hydrogen-bond acceptors (Lipinski definition) is 3. The summed E-state index contributed by atoms with van der Waals surface area (Å²) in [4.78, 5) is 13.8. The van der Waals surface area contributed by atoms with Crippen molar-refractivity contribution in [1.29, 1.82) is 0 Å². The summed E-state index contributed by atoms with van der Waals surface area (Å²) >= 11 is 0. The van der Waals surface area contributed by atoms with Gasteiger partial charge in [-0.15, -0.1) is 0 Å². The number of rotatable bonds is 2. The molecule has 2 saturated heterocycles. The molecule has 2 heterocycles. The highest BCUT2D eigenvalue weighted by molar-refractivity contribution is 5.74. The summed E-state index contributed by atoms with van der Waals surface area (Å²) in [5, 5.41) is 9.38. The van der Waals surface area contributed by atoms with E-state index in [9.17, 15) is 9.90 Å². The standard InChI is InChI=1S/C16H27NO3/c1-15(14(18)19)8-9-17(12-15)13-5-10-20-16(11-13)6-3-2-4-7-16/h13H,2-12H2,1H3,(H,18,19). The number of carboxylic acids is 1. The highest BCUT2D eigenvalue weighted by Crippen LogP contribution is 2.42. The predicted molar refractivity (Wildman–Crippen MR) is 76.7 cm³/mol. The van der Waals surface area contributed by atoms with Crippen molar-refractivity contribution in [2.24, 2.45) is 5.41 Å². The topological polar surface area (TPSA) is 49.8 Å². The molecule has 20 heavy (non-hydrogen) atoms. The highest BCUT2D eigenvalue weighted by atomic mass is 16.5. The Bertz CT molecular complexity index is 372. The molecule has 0 aromatic heterocycles. The number of ether oxygens (including phenoxy) is 1. The minimum absolute atomic E-state index is 0.114. The van der Waals surface area contributed by atoms with Crippen LogP contribution in [0.15, 0.2) is 0 Å². The summed E-state index contributed by atoms with van der Waals surface area (Å²) in [7, 11) is 0. The van der Waals surface area contributed by atoms with Gasteiger partial charge in [-0.1, -0.05) is 19.3 Å². The fraction of sp³-hybridized carbons (Fsp3) is 0.938. The van der Waals surface area contributed by atoms with E-state index in [1.807, 2.05) is 6.92 Å². The van der Waals surface area contributed by atoms with Crippen LogP contribution in [0.1, 0.15) is 58.3 Å². The number of carbonyl (C=O) groups is 1. The van der Waals surface area contributed by atoms with Crippen molar-refractivity contribution in [3.05, 3.63) is 0 Å². The first-order valence-electron chi connectivity index (χ1n) is 8.15. The summed E-state index contributed by atoms with van der Waals surface area (Å²) in [5.74, 6) is -0.639. The molecule has 4 heteroatoms. The Labute approximate surface area is 121 Å². The van der Waals surface area contributed by atoms with E-state index in [4.69, 9.17) is 4.74 Å². The molecule has 3 fully saturated rings. The molecule has 0 radical (unpaired) electrons. The number of aliphatic carboxylic acids is 1. The zero-order chi connectivity index (χ0) is 14.2. The third kappa shape index (κ3) is 2.60. The van der Waals surface area contributed by atoms with Gasteiger partial charge in [0, 0.05) is 19.2 Å². The molecule has 1 spiro atoms. The minimum Gasteiger partial charge on any atom is -0.481 e. The molecule has 0 amide bonds. The maximum absolute atomic E-state index is 11.4. The Balaban J connectivity index is 1.64. The first kappa shape index (κ1) is 14.3.